The van der Waals surface area contributed by atoms with Crippen molar-refractivity contribution in [3.05, 3.63) is 83.8 Å². The van der Waals surface area contributed by atoms with E-state index in [0.29, 0.717) is 23.9 Å². The molecule has 1 saturated heterocycles. The predicted molar refractivity (Wildman–Crippen MR) is 164 cm³/mol. The minimum absolute atomic E-state index is 0.137. The zero-order valence-electron chi connectivity index (χ0n) is 23.9. The zero-order valence-corrected chi connectivity index (χ0v) is 25.5. The van der Waals surface area contributed by atoms with Crippen molar-refractivity contribution in [1.82, 2.24) is 29.1 Å². The van der Waals surface area contributed by atoms with Crippen molar-refractivity contribution in [2.75, 3.05) is 18.0 Å². The Morgan fingerprint density at radius 1 is 1.05 bits per heavy atom. The van der Waals surface area contributed by atoms with Crippen molar-refractivity contribution in [3.63, 3.8) is 0 Å². The Labute approximate surface area is 258 Å². The Morgan fingerprint density at radius 3 is 2.45 bits per heavy atom. The molecule has 0 unspecified atom stereocenters. The summed E-state index contributed by atoms with van der Waals surface area (Å²) in [7, 11) is -2.28. The molecule has 4 aromatic heterocycles. The van der Waals surface area contributed by atoms with E-state index in [0.717, 1.165) is 47.2 Å². The van der Waals surface area contributed by atoms with Gasteiger partial charge >= 0.3 is 0 Å². The van der Waals surface area contributed by atoms with Crippen LogP contribution in [-0.4, -0.2) is 51.4 Å². The molecule has 2 fully saturated rings. The second kappa shape index (κ2) is 10.4. The Bertz CT molecular complexity index is 2030. The van der Waals surface area contributed by atoms with Gasteiger partial charge in [0, 0.05) is 66.5 Å². The number of nitriles is 1. The Kier molecular flexibility index (Phi) is 6.73. The van der Waals surface area contributed by atoms with E-state index in [4.69, 9.17) is 16.6 Å². The van der Waals surface area contributed by atoms with Gasteiger partial charge in [0.2, 0.25) is 10.0 Å². The summed E-state index contributed by atoms with van der Waals surface area (Å²) in [6.45, 7) is 3.34. The van der Waals surface area contributed by atoms with Crippen LogP contribution in [0.4, 0.5) is 10.2 Å². The van der Waals surface area contributed by atoms with Gasteiger partial charge in [-0.15, -0.1) is 0 Å². The number of pyridine rings is 2. The average molecular weight is 631 g/mol. The summed E-state index contributed by atoms with van der Waals surface area (Å²) in [5.74, 6) is 0.466. The molecule has 0 spiro atoms. The summed E-state index contributed by atoms with van der Waals surface area (Å²) < 4.78 is 46.8. The highest BCUT2D eigenvalue weighted by molar-refractivity contribution is 7.89. The van der Waals surface area contributed by atoms with E-state index in [2.05, 4.69) is 25.9 Å². The van der Waals surface area contributed by atoms with Gasteiger partial charge < -0.3 is 4.90 Å². The van der Waals surface area contributed by atoms with Crippen molar-refractivity contribution in [1.29, 1.82) is 5.26 Å². The number of nitrogens with one attached hydrogen (secondary N) is 1. The number of hydrogen-bond acceptors (Lipinski definition) is 7. The molecule has 0 amide bonds. The monoisotopic (exact) mass is 630 g/mol. The van der Waals surface area contributed by atoms with Gasteiger partial charge in [0.25, 0.3) is 0 Å². The van der Waals surface area contributed by atoms with Gasteiger partial charge in [0.05, 0.1) is 28.5 Å². The van der Waals surface area contributed by atoms with Gasteiger partial charge in [-0.3, -0.25) is 4.68 Å². The van der Waals surface area contributed by atoms with E-state index >= 15 is 0 Å². The van der Waals surface area contributed by atoms with Crippen LogP contribution in [0.25, 0.3) is 27.8 Å². The first-order valence-corrected chi connectivity index (χ1v) is 16.0. The van der Waals surface area contributed by atoms with Gasteiger partial charge in [-0.1, -0.05) is 17.7 Å². The molecular formula is C31H28ClFN8O2S. The lowest BCUT2D eigenvalue weighted by molar-refractivity contribution is 0.399. The van der Waals surface area contributed by atoms with Crippen LogP contribution in [0.2, 0.25) is 5.02 Å². The molecule has 2 aliphatic rings. The molecule has 13 heteroatoms. The fourth-order valence-electron chi connectivity index (χ4n) is 6.91. The first-order valence-electron chi connectivity index (χ1n) is 14.1. The third-order valence-corrected chi connectivity index (χ3v) is 10.9. The fourth-order valence-corrected chi connectivity index (χ4v) is 8.95. The van der Waals surface area contributed by atoms with Crippen molar-refractivity contribution >= 4 is 33.0 Å². The molecule has 3 atom stereocenters. The van der Waals surface area contributed by atoms with Crippen molar-refractivity contribution in [2.45, 2.75) is 30.2 Å². The van der Waals surface area contributed by atoms with E-state index in [-0.39, 0.29) is 16.9 Å². The molecule has 1 saturated carbocycles. The molecule has 5 heterocycles. The molecule has 5 aromatic rings. The second-order valence-electron chi connectivity index (χ2n) is 12.0. The van der Waals surface area contributed by atoms with E-state index in [1.165, 1.54) is 12.1 Å². The van der Waals surface area contributed by atoms with Crippen LogP contribution in [0.15, 0.2) is 72.3 Å². The van der Waals surface area contributed by atoms with Crippen molar-refractivity contribution in [2.24, 2.45) is 18.9 Å². The largest absolute Gasteiger partial charge is 0.356 e. The minimum Gasteiger partial charge on any atom is -0.356 e. The number of sulfonamides is 1. The van der Waals surface area contributed by atoms with Crippen LogP contribution in [-0.2, 0) is 17.1 Å². The molecule has 224 valence electrons. The zero-order chi connectivity index (χ0) is 30.8. The molecular weight excluding hydrogens is 603 g/mol. The number of nitrogens with zero attached hydrogens (tertiary/aromatic N) is 7. The number of aromatic nitrogens is 5. The molecule has 1 aromatic carbocycles. The quantitative estimate of drug-likeness (QED) is 0.279. The van der Waals surface area contributed by atoms with Gasteiger partial charge in [-0.25, -0.2) is 27.0 Å². The predicted octanol–water partition coefficient (Wildman–Crippen LogP) is 5.04. The number of fused-ring (bicyclic) bond motifs is 2. The van der Waals surface area contributed by atoms with Crippen LogP contribution in [0.3, 0.4) is 0 Å². The lowest BCUT2D eigenvalue weighted by Crippen LogP contribution is -2.45. The van der Waals surface area contributed by atoms with Crippen molar-refractivity contribution < 1.29 is 12.8 Å². The van der Waals surface area contributed by atoms with E-state index in [1.54, 1.807) is 21.6 Å². The van der Waals surface area contributed by atoms with E-state index < -0.39 is 26.3 Å². The Hall–Kier alpha value is -4.31. The average Bonchev–Trinajstić information content (AvgIpc) is 3.74. The van der Waals surface area contributed by atoms with Crippen LogP contribution < -0.4 is 9.62 Å². The Morgan fingerprint density at radius 2 is 1.82 bits per heavy atom. The summed E-state index contributed by atoms with van der Waals surface area (Å²) in [6.07, 6.45) is 10.2. The number of hydrogen-bond donors (Lipinski definition) is 1. The highest BCUT2D eigenvalue weighted by Crippen LogP contribution is 2.45. The molecule has 0 radical (unpaired) electrons. The topological polar surface area (TPSA) is 121 Å². The van der Waals surface area contributed by atoms with Crippen LogP contribution in [0.1, 0.15) is 25.3 Å². The number of halogens is 2. The standard InChI is InChI=1S/C31H28ClFN8O2S/c1-31(38-44(42,43)30-26(32)4-3-5-27(30)33)9-21-16-40(17-22(21)10-31)28-7-6-19(12-35-28)25-8-20(24-14-36-39(2)15-24)18-41-29(25)23(11-34)13-37-41/h3-8,12-15,18,21-22,38H,9-10,16-17H2,1-2H3/t21-,22+,31+. The van der Waals surface area contributed by atoms with Crippen LogP contribution in [0, 0.1) is 29.0 Å². The SMILES string of the molecule is Cn1cc(-c2cc(-c3ccc(N4C[C@@H]5C[C@@](C)(NS(=O)(=O)c6c(F)cccc6Cl)C[C@@H]5C4)nc3)c3c(C#N)cnn3c2)cn1. The normalized spacial score (nSPS) is 21.6. The number of aryl methyl sites for hydroxylation is 1. The minimum atomic E-state index is -4.14. The van der Waals surface area contributed by atoms with Crippen molar-refractivity contribution in [3.8, 4) is 28.3 Å². The molecule has 1 aliphatic carbocycles. The number of anilines is 1. The molecule has 1 N–H and O–H groups in total. The maximum absolute atomic E-state index is 14.4. The van der Waals surface area contributed by atoms with Gasteiger partial charge in [0.15, 0.2) is 0 Å². The van der Waals surface area contributed by atoms with Crippen LogP contribution in [0.5, 0.6) is 0 Å². The maximum atomic E-state index is 14.4. The Balaban J connectivity index is 1.10. The first-order chi connectivity index (χ1) is 21.0. The lowest BCUT2D eigenvalue weighted by Gasteiger charge is -2.28. The highest BCUT2D eigenvalue weighted by Gasteiger charge is 2.49. The summed E-state index contributed by atoms with van der Waals surface area (Å²) >= 11 is 6.06. The van der Waals surface area contributed by atoms with Gasteiger partial charge in [-0.05, 0) is 61.9 Å². The number of benzene rings is 1. The molecule has 1 aliphatic heterocycles. The molecule has 0 bridgehead atoms. The summed E-state index contributed by atoms with van der Waals surface area (Å²) in [4.78, 5) is 6.52. The number of rotatable bonds is 6. The highest BCUT2D eigenvalue weighted by atomic mass is 35.5. The lowest BCUT2D eigenvalue weighted by atomic mass is 10.00. The molecule has 44 heavy (non-hydrogen) atoms. The van der Waals surface area contributed by atoms with Crippen LogP contribution >= 0.6 is 11.6 Å². The third-order valence-electron chi connectivity index (χ3n) is 8.72. The summed E-state index contributed by atoms with van der Waals surface area (Å²) in [6, 6.07) is 12.1. The molecule has 7 rings (SSSR count). The second-order valence-corrected chi connectivity index (χ2v) is 14.0. The smallest absolute Gasteiger partial charge is 0.245 e. The maximum Gasteiger partial charge on any atom is 0.245 e. The first kappa shape index (κ1) is 28.5. The van der Waals surface area contributed by atoms with Gasteiger partial charge in [-0.2, -0.15) is 15.5 Å². The molecule has 10 nitrogen and oxygen atoms in total. The fraction of sp³-hybridized carbons (Fsp3) is 0.290. The van der Waals surface area contributed by atoms with E-state index in [1.807, 2.05) is 50.8 Å². The van der Waals surface area contributed by atoms with Gasteiger partial charge in [0.1, 0.15) is 22.6 Å². The summed E-state index contributed by atoms with van der Waals surface area (Å²) in [5, 5.41) is 18.3. The van der Waals surface area contributed by atoms with E-state index in [9.17, 15) is 18.1 Å². The third kappa shape index (κ3) is 4.91. The summed E-state index contributed by atoms with van der Waals surface area (Å²) in [5.41, 5.74) is 4.03.